The zero-order valence-corrected chi connectivity index (χ0v) is 65.8. The van der Waals surface area contributed by atoms with Crippen LogP contribution in [-0.4, -0.2) is 171 Å². The molecule has 21 heteroatoms. The van der Waals surface area contributed by atoms with Gasteiger partial charge in [0.1, 0.15) is 45.4 Å². The van der Waals surface area contributed by atoms with Crippen molar-refractivity contribution in [3.8, 4) is 0 Å². The van der Waals surface area contributed by atoms with Crippen molar-refractivity contribution in [1.82, 2.24) is 54.2 Å². The summed E-state index contributed by atoms with van der Waals surface area (Å²) in [7, 11) is 0. The van der Waals surface area contributed by atoms with Gasteiger partial charge in [-0.05, 0) is 135 Å². The van der Waals surface area contributed by atoms with E-state index >= 15 is 28.8 Å². The Morgan fingerprint density at radius 3 is 0.672 bits per heavy atom. The number of amides is 8. The monoisotopic (exact) mass is 1550 g/mol. The lowest BCUT2D eigenvalue weighted by atomic mass is 9.90. The van der Waals surface area contributed by atoms with E-state index in [0.717, 1.165) is 44.5 Å². The fraction of sp³-hybridized carbons (Fsp3) is 0.274. The molecule has 8 atom stereocenters. The molecule has 8 amide bonds. The molecule has 21 nitrogen and oxygen atoms in total. The van der Waals surface area contributed by atoms with Crippen LogP contribution in [0.15, 0.2) is 291 Å². The summed E-state index contributed by atoms with van der Waals surface area (Å²) >= 11 is 0. The van der Waals surface area contributed by atoms with Crippen LogP contribution in [0.4, 0.5) is 9.59 Å². The smallest absolute Gasteiger partial charge is 0.410 e. The maximum absolute atomic E-state index is 15.9. The topological polar surface area (TPSA) is 220 Å². The third-order valence-corrected chi connectivity index (χ3v) is 22.1. The van der Waals surface area contributed by atoms with Crippen molar-refractivity contribution in [2.24, 2.45) is 0 Å². The van der Waals surface area contributed by atoms with Crippen molar-refractivity contribution < 1.29 is 47.8 Å². The molecule has 0 radical (unpaired) electrons. The van der Waals surface area contributed by atoms with E-state index in [4.69, 9.17) is 24.4 Å². The van der Waals surface area contributed by atoms with E-state index in [1.54, 1.807) is 93.8 Å². The van der Waals surface area contributed by atoms with E-state index in [9.17, 15) is 9.59 Å². The molecule has 4 saturated heterocycles. The van der Waals surface area contributed by atoms with Crippen LogP contribution in [0.1, 0.15) is 199 Å². The van der Waals surface area contributed by atoms with Crippen LogP contribution in [0.2, 0.25) is 0 Å². The minimum absolute atomic E-state index is 0.00305. The number of carbonyl (C=O) groups excluding carboxylic acids is 8. The van der Waals surface area contributed by atoms with Crippen molar-refractivity contribution in [3.63, 3.8) is 0 Å². The number of pyridine rings is 3. The first-order valence-corrected chi connectivity index (χ1v) is 39.6. The molecule has 15 rings (SSSR count). The van der Waals surface area contributed by atoms with Crippen LogP contribution in [0.3, 0.4) is 0 Å². The van der Waals surface area contributed by atoms with Gasteiger partial charge in [0, 0.05) is 52.4 Å². The lowest BCUT2D eigenvalue weighted by Gasteiger charge is -2.47. The normalized spacial score (nSPS) is 20.5. The van der Waals surface area contributed by atoms with Gasteiger partial charge in [-0.25, -0.2) is 24.5 Å². The Morgan fingerprint density at radius 1 is 0.267 bits per heavy atom. The Bertz CT molecular complexity index is 5300. The lowest BCUT2D eigenvalue weighted by Crippen LogP contribution is -2.58. The van der Waals surface area contributed by atoms with Crippen molar-refractivity contribution in [2.45, 2.75) is 114 Å². The van der Waals surface area contributed by atoms with Crippen molar-refractivity contribution in [1.29, 1.82) is 0 Å². The number of allylic oxidation sites excluding steroid dienone is 3. The highest BCUT2D eigenvalue weighted by atomic mass is 16.6. The Kier molecular flexibility index (Phi) is 22.8. The predicted molar refractivity (Wildman–Crippen MR) is 439 cm³/mol. The fourth-order valence-electron chi connectivity index (χ4n) is 16.5. The molecular formula is C95H93N11O10. The van der Waals surface area contributed by atoms with Gasteiger partial charge in [0.25, 0.3) is 35.4 Å². The van der Waals surface area contributed by atoms with Crippen LogP contribution in [0.5, 0.6) is 0 Å². The second-order valence-electron chi connectivity index (χ2n) is 31.9. The number of benzene rings is 7. The average molecular weight is 1550 g/mol. The van der Waals surface area contributed by atoms with Crippen molar-refractivity contribution in [3.05, 3.63) is 364 Å². The highest BCUT2D eigenvalue weighted by molar-refractivity contribution is 6.00. The molecule has 3 aromatic heterocycles. The third-order valence-electron chi connectivity index (χ3n) is 22.1. The largest absolute Gasteiger partial charge is 0.444 e. The molecule has 0 bridgehead atoms. The first-order chi connectivity index (χ1) is 56.1. The summed E-state index contributed by atoms with van der Waals surface area (Å²) < 4.78 is 12.0. The molecule has 10 aromatic rings. The van der Waals surface area contributed by atoms with E-state index < -0.39 is 107 Å². The molecule has 0 saturated carbocycles. The van der Waals surface area contributed by atoms with Gasteiger partial charge in [0.15, 0.2) is 0 Å². The minimum Gasteiger partial charge on any atom is -0.444 e. The summed E-state index contributed by atoms with van der Waals surface area (Å²) in [6, 6.07) is 75.7. The molecular weight excluding hydrogens is 1460 g/mol. The van der Waals surface area contributed by atoms with Crippen LogP contribution in [0.25, 0.3) is 0 Å². The average Bonchev–Trinajstić information content (AvgIpc) is 0.773. The van der Waals surface area contributed by atoms with Gasteiger partial charge in [0.05, 0.1) is 48.3 Å². The van der Waals surface area contributed by atoms with Gasteiger partial charge in [-0.3, -0.25) is 38.6 Å². The zero-order valence-electron chi connectivity index (χ0n) is 65.8. The quantitative estimate of drug-likeness (QED) is 0.0990. The van der Waals surface area contributed by atoms with Crippen molar-refractivity contribution >= 4 is 47.6 Å². The molecule has 116 heavy (non-hydrogen) atoms. The second-order valence-corrected chi connectivity index (χ2v) is 31.9. The number of piperazine rings is 4. The van der Waals surface area contributed by atoms with Gasteiger partial charge in [0.2, 0.25) is 0 Å². The summed E-state index contributed by atoms with van der Waals surface area (Å²) in [5.74, 6) is -2.76. The maximum Gasteiger partial charge on any atom is 0.410 e. The Balaban J connectivity index is 0.717. The first-order valence-electron chi connectivity index (χ1n) is 39.6. The van der Waals surface area contributed by atoms with Gasteiger partial charge in [-0.15, -0.1) is 0 Å². The van der Waals surface area contributed by atoms with Crippen LogP contribution < -0.4 is 0 Å². The Morgan fingerprint density at radius 2 is 0.466 bits per heavy atom. The van der Waals surface area contributed by atoms with Crippen LogP contribution >= 0.6 is 0 Å². The highest BCUT2D eigenvalue weighted by Gasteiger charge is 2.48. The summed E-state index contributed by atoms with van der Waals surface area (Å²) in [5, 5.41) is 0. The number of hydrogen-bond acceptors (Lipinski definition) is 13. The van der Waals surface area contributed by atoms with Gasteiger partial charge in [-0.1, -0.05) is 249 Å². The molecule has 1 aliphatic carbocycles. The number of hydrogen-bond donors (Lipinski definition) is 0. The van der Waals surface area contributed by atoms with E-state index in [2.05, 4.69) is 6.08 Å². The number of ether oxygens (including phenoxy) is 2. The molecule has 0 spiro atoms. The number of nitrogens with zero attached hydrogens (tertiary/aromatic N) is 11. The predicted octanol–water partition coefficient (Wildman–Crippen LogP) is 16.3. The van der Waals surface area contributed by atoms with Gasteiger partial charge < -0.3 is 38.9 Å². The standard InChI is InChI=1S/C95H93N11O10/c1-94(2,3)115-92(113)105-62-82(68-42-23-11-24-43-68)103(60-84(105)70-46-27-13-28-47-70)90(111)76-54-32-52-74(97-76)88(109)101-58-78(64-34-15-7-16-35-64)99(56-80(101)66-38-19-9-20-39-66)86(107)72-50-31-51-73(96-72)87(108)100-57-81(67-40-21-10-22-41-67)102(59-79(100)65-36-17-8-18-37-65)89(110)75-53-33-55-77(98-75)91(112)104-61-85(71-48-29-14-30-49-71)106(93(114)116-95(4,5)6)63-83(104)69-44-25-12-26-45-69/h7-17,19-36,38-55,78-85H,18,37,56-63H2,1-6H3. The molecule has 588 valence electrons. The molecule has 4 fully saturated rings. The molecule has 4 aliphatic heterocycles. The van der Waals surface area contributed by atoms with Crippen LogP contribution in [0, 0.1) is 0 Å². The van der Waals surface area contributed by atoms with Gasteiger partial charge >= 0.3 is 12.2 Å². The van der Waals surface area contributed by atoms with Gasteiger partial charge in [-0.2, -0.15) is 0 Å². The van der Waals surface area contributed by atoms with E-state index in [-0.39, 0.29) is 86.5 Å². The molecule has 0 N–H and O–H groups in total. The number of carbonyl (C=O) groups is 8. The molecule has 8 unspecified atom stereocenters. The minimum atomic E-state index is -0.794. The molecule has 7 aromatic carbocycles. The molecule has 5 aliphatic rings. The SMILES string of the molecule is CC(C)(C)OC(=O)N1CC(c2ccccc2)N(C(=O)c2cccc(C(=O)N3CC(C4=CC=CCC4)N(C(=O)c4cccc(C(=O)N5CC(c6ccccc6)N(C(=O)c6cccc(C(=O)N7CC(c8ccccc8)N(C(=O)OC(C)(C)C)CC7c7ccccc7)n6)CC5c5ccccc5)n4)CC3c3ccccc3)n2)CC1c1ccccc1. The Hall–Kier alpha value is -13.2. The van der Waals surface area contributed by atoms with Crippen LogP contribution in [-0.2, 0) is 9.47 Å². The number of aromatic nitrogens is 3. The maximum atomic E-state index is 15.9. The zero-order chi connectivity index (χ0) is 80.8. The highest BCUT2D eigenvalue weighted by Crippen LogP contribution is 2.43. The summed E-state index contributed by atoms with van der Waals surface area (Å²) in [6.45, 7) is 11.3. The first kappa shape index (κ1) is 78.1. The van der Waals surface area contributed by atoms with E-state index in [1.165, 1.54) is 0 Å². The number of rotatable bonds is 14. The summed E-state index contributed by atoms with van der Waals surface area (Å²) in [4.78, 5) is 151. The van der Waals surface area contributed by atoms with Crippen molar-refractivity contribution in [2.75, 3.05) is 52.4 Å². The second kappa shape index (κ2) is 33.9. The van der Waals surface area contributed by atoms with E-state index in [0.29, 0.717) is 12.8 Å². The lowest BCUT2D eigenvalue weighted by molar-refractivity contribution is -0.0146. The molecule has 7 heterocycles. The third kappa shape index (κ3) is 17.0. The summed E-state index contributed by atoms with van der Waals surface area (Å²) in [6.07, 6.45) is 6.26. The fourth-order valence-corrected chi connectivity index (χ4v) is 16.5. The van der Waals surface area contributed by atoms with E-state index in [1.807, 2.05) is 266 Å². The summed E-state index contributed by atoms with van der Waals surface area (Å²) in [5.41, 5.74) is 4.83. The Labute approximate surface area is 676 Å².